The molecule has 5 heteroatoms. The maximum absolute atomic E-state index is 11.7. The van der Waals surface area contributed by atoms with Crippen molar-refractivity contribution in [2.24, 2.45) is 0 Å². The molecule has 0 aliphatic heterocycles. The number of hydrogen-bond acceptors (Lipinski definition) is 2. The van der Waals surface area contributed by atoms with E-state index in [2.05, 4.69) is 5.32 Å². The highest BCUT2D eigenvalue weighted by atomic mass is 19.4. The lowest BCUT2D eigenvalue weighted by molar-refractivity contribution is -0.165. The van der Waals surface area contributed by atoms with Gasteiger partial charge in [-0.05, 0) is 20.8 Å². The summed E-state index contributed by atoms with van der Waals surface area (Å²) in [5.41, 5.74) is 0.220. The van der Waals surface area contributed by atoms with Gasteiger partial charge < -0.3 is 5.32 Å². The highest BCUT2D eigenvalue weighted by Crippen LogP contribution is 2.16. The van der Waals surface area contributed by atoms with Crippen molar-refractivity contribution in [2.45, 2.75) is 33.0 Å². The maximum atomic E-state index is 11.7. The van der Waals surface area contributed by atoms with Crippen LogP contribution in [0.4, 0.5) is 13.2 Å². The minimum atomic E-state index is -4.78. The molecule has 0 radical (unpaired) electrons. The number of allylic oxidation sites excluding steroid dienone is 2. The van der Waals surface area contributed by atoms with Crippen molar-refractivity contribution in [3.05, 3.63) is 11.8 Å². The van der Waals surface area contributed by atoms with Crippen LogP contribution in [0, 0.1) is 0 Å². The van der Waals surface area contributed by atoms with Crippen LogP contribution in [0.2, 0.25) is 0 Å². The smallest absolute Gasteiger partial charge is 0.386 e. The Kier molecular flexibility index (Phi) is 3.97. The second-order valence-corrected chi connectivity index (χ2v) is 2.99. The summed E-state index contributed by atoms with van der Waals surface area (Å²) in [7, 11) is 0. The Morgan fingerprint density at radius 2 is 1.85 bits per heavy atom. The first-order valence-electron chi connectivity index (χ1n) is 3.79. The van der Waals surface area contributed by atoms with Crippen molar-refractivity contribution < 1.29 is 18.0 Å². The first kappa shape index (κ1) is 12.0. The van der Waals surface area contributed by atoms with Gasteiger partial charge in [0, 0.05) is 17.8 Å². The minimum absolute atomic E-state index is 0.0114. The van der Waals surface area contributed by atoms with Gasteiger partial charge in [0.1, 0.15) is 0 Å². The van der Waals surface area contributed by atoms with E-state index >= 15 is 0 Å². The Balaban J connectivity index is 4.32. The molecule has 0 atom stereocenters. The van der Waals surface area contributed by atoms with E-state index in [0.717, 1.165) is 0 Å². The average Bonchev–Trinajstić information content (AvgIpc) is 1.82. The molecule has 0 bridgehead atoms. The Hall–Kier alpha value is -1.00. The number of alkyl halides is 3. The zero-order valence-corrected chi connectivity index (χ0v) is 7.70. The van der Waals surface area contributed by atoms with E-state index in [9.17, 15) is 18.0 Å². The molecule has 0 aromatic carbocycles. The Labute approximate surface area is 74.8 Å². The molecule has 0 aliphatic carbocycles. The van der Waals surface area contributed by atoms with E-state index < -0.39 is 12.0 Å². The fourth-order valence-corrected chi connectivity index (χ4v) is 0.775. The molecule has 0 aromatic rings. The standard InChI is InChI=1S/C8H12F3NO/c1-5(2)12-6(3)4-7(13)8(9,10)11/h4-5,12H,1-3H3/b6-4-. The summed E-state index contributed by atoms with van der Waals surface area (Å²) < 4.78 is 35.2. The lowest BCUT2D eigenvalue weighted by Gasteiger charge is -2.09. The summed E-state index contributed by atoms with van der Waals surface area (Å²) in [5, 5.41) is 2.69. The molecule has 0 amide bonds. The zero-order valence-electron chi connectivity index (χ0n) is 7.70. The third-order valence-electron chi connectivity index (χ3n) is 1.14. The van der Waals surface area contributed by atoms with Gasteiger partial charge in [-0.15, -0.1) is 0 Å². The van der Waals surface area contributed by atoms with Crippen LogP contribution in [0.1, 0.15) is 20.8 Å². The number of carbonyl (C=O) groups is 1. The number of hydrogen-bond donors (Lipinski definition) is 1. The quantitative estimate of drug-likeness (QED) is 0.698. The summed E-state index contributed by atoms with van der Waals surface area (Å²) in [6, 6.07) is 0.0114. The van der Waals surface area contributed by atoms with Crippen LogP contribution in [-0.4, -0.2) is 18.0 Å². The fraction of sp³-hybridized carbons (Fsp3) is 0.625. The molecule has 0 aromatic heterocycles. The molecule has 0 unspecified atom stereocenters. The molecule has 0 aliphatic rings. The minimum Gasteiger partial charge on any atom is -0.386 e. The third kappa shape index (κ3) is 5.27. The fourth-order valence-electron chi connectivity index (χ4n) is 0.775. The van der Waals surface area contributed by atoms with Crippen LogP contribution < -0.4 is 5.32 Å². The van der Waals surface area contributed by atoms with Gasteiger partial charge in [-0.1, -0.05) is 0 Å². The molecule has 0 fully saturated rings. The molecular weight excluding hydrogens is 183 g/mol. The second kappa shape index (κ2) is 4.30. The van der Waals surface area contributed by atoms with Gasteiger partial charge in [-0.25, -0.2) is 0 Å². The molecular formula is C8H12F3NO. The number of rotatable bonds is 3. The van der Waals surface area contributed by atoms with Crippen LogP contribution in [0.25, 0.3) is 0 Å². The van der Waals surface area contributed by atoms with E-state index in [-0.39, 0.29) is 11.7 Å². The molecule has 13 heavy (non-hydrogen) atoms. The summed E-state index contributed by atoms with van der Waals surface area (Å²) in [6.07, 6.45) is -4.22. The monoisotopic (exact) mass is 195 g/mol. The summed E-state index contributed by atoms with van der Waals surface area (Å²) in [5.74, 6) is -1.84. The van der Waals surface area contributed by atoms with Crippen molar-refractivity contribution in [3.8, 4) is 0 Å². The lowest BCUT2D eigenvalue weighted by atomic mass is 10.3. The predicted molar refractivity (Wildman–Crippen MR) is 43.1 cm³/mol. The van der Waals surface area contributed by atoms with Gasteiger partial charge in [-0.3, -0.25) is 4.79 Å². The van der Waals surface area contributed by atoms with E-state index in [1.165, 1.54) is 6.92 Å². The van der Waals surface area contributed by atoms with E-state index in [1.807, 2.05) is 0 Å². The van der Waals surface area contributed by atoms with Crippen molar-refractivity contribution in [1.82, 2.24) is 5.32 Å². The van der Waals surface area contributed by atoms with E-state index in [4.69, 9.17) is 0 Å². The predicted octanol–water partition coefficient (Wildman–Crippen LogP) is 2.02. The van der Waals surface area contributed by atoms with Crippen LogP contribution in [-0.2, 0) is 4.79 Å². The van der Waals surface area contributed by atoms with E-state index in [0.29, 0.717) is 6.08 Å². The molecule has 0 rings (SSSR count). The summed E-state index contributed by atoms with van der Waals surface area (Å²) in [6.45, 7) is 4.97. The normalized spacial score (nSPS) is 13.3. The van der Waals surface area contributed by atoms with Gasteiger partial charge in [0.25, 0.3) is 5.78 Å². The first-order valence-corrected chi connectivity index (χ1v) is 3.79. The highest BCUT2D eigenvalue weighted by molar-refractivity contribution is 5.94. The van der Waals surface area contributed by atoms with Crippen LogP contribution in [0.15, 0.2) is 11.8 Å². The largest absolute Gasteiger partial charge is 0.454 e. The van der Waals surface area contributed by atoms with Crippen LogP contribution in [0.3, 0.4) is 0 Å². The second-order valence-electron chi connectivity index (χ2n) is 2.99. The van der Waals surface area contributed by atoms with Gasteiger partial charge in [0.2, 0.25) is 0 Å². The van der Waals surface area contributed by atoms with Crippen molar-refractivity contribution in [3.63, 3.8) is 0 Å². The van der Waals surface area contributed by atoms with E-state index in [1.54, 1.807) is 13.8 Å². The number of ketones is 1. The SMILES string of the molecule is C/C(=C/C(=O)C(F)(F)F)NC(C)C. The van der Waals surface area contributed by atoms with Crippen molar-refractivity contribution >= 4 is 5.78 Å². The van der Waals surface area contributed by atoms with Crippen LogP contribution >= 0.6 is 0 Å². The molecule has 0 heterocycles. The van der Waals surface area contributed by atoms with Gasteiger partial charge in [-0.2, -0.15) is 13.2 Å². The molecule has 2 nitrogen and oxygen atoms in total. The third-order valence-corrected chi connectivity index (χ3v) is 1.14. The maximum Gasteiger partial charge on any atom is 0.454 e. The Bertz CT molecular complexity index is 218. The van der Waals surface area contributed by atoms with Gasteiger partial charge in [0.15, 0.2) is 0 Å². The lowest BCUT2D eigenvalue weighted by Crippen LogP contribution is -2.25. The molecule has 0 spiro atoms. The summed E-state index contributed by atoms with van der Waals surface area (Å²) >= 11 is 0. The molecule has 0 saturated carbocycles. The average molecular weight is 195 g/mol. The Morgan fingerprint density at radius 1 is 1.38 bits per heavy atom. The molecule has 1 N–H and O–H groups in total. The number of nitrogens with one attached hydrogen (secondary N) is 1. The zero-order chi connectivity index (χ0) is 10.6. The summed E-state index contributed by atoms with van der Waals surface area (Å²) in [4.78, 5) is 10.4. The molecule has 76 valence electrons. The van der Waals surface area contributed by atoms with Crippen molar-refractivity contribution in [2.75, 3.05) is 0 Å². The first-order chi connectivity index (χ1) is 5.73. The van der Waals surface area contributed by atoms with Gasteiger partial charge >= 0.3 is 6.18 Å². The van der Waals surface area contributed by atoms with Crippen LogP contribution in [0.5, 0.6) is 0 Å². The highest BCUT2D eigenvalue weighted by Gasteiger charge is 2.36. The Morgan fingerprint density at radius 3 is 2.15 bits per heavy atom. The van der Waals surface area contributed by atoms with Gasteiger partial charge in [0.05, 0.1) is 0 Å². The topological polar surface area (TPSA) is 29.1 Å². The molecule has 0 saturated heterocycles. The van der Waals surface area contributed by atoms with Crippen molar-refractivity contribution in [1.29, 1.82) is 0 Å². The number of halogens is 3. The number of carbonyl (C=O) groups excluding carboxylic acids is 1.